The van der Waals surface area contributed by atoms with E-state index < -0.39 is 0 Å². The molecule has 0 atom stereocenters. The van der Waals surface area contributed by atoms with Crippen LogP contribution in [0.1, 0.15) is 11.3 Å². The average Bonchev–Trinajstić information content (AvgIpc) is 2.50. The predicted molar refractivity (Wildman–Crippen MR) is 64.6 cm³/mol. The normalized spacial score (nSPS) is 10.4. The zero-order valence-corrected chi connectivity index (χ0v) is 9.65. The van der Waals surface area contributed by atoms with Crippen LogP contribution >= 0.6 is 0 Å². The van der Waals surface area contributed by atoms with Crippen LogP contribution in [0.3, 0.4) is 0 Å². The van der Waals surface area contributed by atoms with Gasteiger partial charge in [-0.2, -0.15) is 5.10 Å². The lowest BCUT2D eigenvalue weighted by Crippen LogP contribution is -1.98. The van der Waals surface area contributed by atoms with Crippen LogP contribution in [0.2, 0.25) is 0 Å². The minimum absolute atomic E-state index is 0.672. The summed E-state index contributed by atoms with van der Waals surface area (Å²) < 4.78 is 1.77. The summed E-state index contributed by atoms with van der Waals surface area (Å²) in [6.45, 7) is 3.92. The second kappa shape index (κ2) is 3.84. The molecule has 2 heterocycles. The van der Waals surface area contributed by atoms with Crippen LogP contribution in [-0.2, 0) is 7.05 Å². The number of anilines is 3. The van der Waals surface area contributed by atoms with Crippen molar-refractivity contribution in [3.63, 3.8) is 0 Å². The minimum Gasteiger partial charge on any atom is -0.397 e. The van der Waals surface area contributed by atoms with Crippen molar-refractivity contribution in [3.8, 4) is 0 Å². The van der Waals surface area contributed by atoms with Crippen molar-refractivity contribution in [2.75, 3.05) is 11.1 Å². The third-order valence-electron chi connectivity index (χ3n) is 2.37. The summed E-state index contributed by atoms with van der Waals surface area (Å²) in [6.07, 6.45) is 3.56. The fraction of sp³-hybridized carbons (Fsp3) is 0.273. The van der Waals surface area contributed by atoms with Gasteiger partial charge < -0.3 is 11.1 Å². The summed E-state index contributed by atoms with van der Waals surface area (Å²) in [5, 5.41) is 7.49. The highest BCUT2D eigenvalue weighted by Gasteiger charge is 2.06. The first-order valence-corrected chi connectivity index (χ1v) is 5.05. The summed E-state index contributed by atoms with van der Waals surface area (Å²) in [7, 11) is 1.89. The number of nitrogens with zero attached hydrogens (tertiary/aromatic N) is 3. The molecule has 0 radical (unpaired) electrons. The highest BCUT2D eigenvalue weighted by atomic mass is 15.3. The Bertz CT molecular complexity index is 515. The van der Waals surface area contributed by atoms with Crippen molar-refractivity contribution >= 4 is 17.2 Å². The standard InChI is InChI=1S/C11H15N5/c1-7-4-9(12)5-13-11(7)14-10-6-16(3)15-8(10)2/h4-6H,12H2,1-3H3,(H,13,14). The number of nitrogen functional groups attached to an aromatic ring is 1. The van der Waals surface area contributed by atoms with Gasteiger partial charge in [-0.3, -0.25) is 4.68 Å². The molecule has 0 aliphatic heterocycles. The summed E-state index contributed by atoms with van der Waals surface area (Å²) in [5.74, 6) is 0.810. The maximum Gasteiger partial charge on any atom is 0.133 e. The van der Waals surface area contributed by atoms with Gasteiger partial charge in [0.15, 0.2) is 0 Å². The number of aromatic nitrogens is 3. The number of nitrogens with one attached hydrogen (secondary N) is 1. The van der Waals surface area contributed by atoms with E-state index in [9.17, 15) is 0 Å². The van der Waals surface area contributed by atoms with E-state index in [1.807, 2.05) is 33.2 Å². The second-order valence-electron chi connectivity index (χ2n) is 3.86. The first-order valence-electron chi connectivity index (χ1n) is 5.05. The lowest BCUT2D eigenvalue weighted by atomic mass is 10.2. The summed E-state index contributed by atoms with van der Waals surface area (Å²) in [5.41, 5.74) is 9.24. The van der Waals surface area contributed by atoms with Gasteiger partial charge in [-0.1, -0.05) is 0 Å². The maximum absolute atomic E-state index is 5.65. The summed E-state index contributed by atoms with van der Waals surface area (Å²) in [4.78, 5) is 4.25. The number of hydrogen-bond donors (Lipinski definition) is 2. The van der Waals surface area contributed by atoms with Crippen LogP contribution in [0.15, 0.2) is 18.5 Å². The predicted octanol–water partition coefficient (Wildman–Crippen LogP) is 1.76. The molecular formula is C11H15N5. The Kier molecular flexibility index (Phi) is 2.52. The lowest BCUT2D eigenvalue weighted by Gasteiger charge is -2.07. The molecule has 0 saturated heterocycles. The maximum atomic E-state index is 5.65. The van der Waals surface area contributed by atoms with Gasteiger partial charge in [-0.05, 0) is 25.5 Å². The molecule has 2 rings (SSSR count). The Morgan fingerprint density at radius 1 is 1.38 bits per heavy atom. The fourth-order valence-electron chi connectivity index (χ4n) is 1.58. The van der Waals surface area contributed by atoms with Gasteiger partial charge in [0.2, 0.25) is 0 Å². The molecule has 0 aliphatic rings. The summed E-state index contributed by atoms with van der Waals surface area (Å²) >= 11 is 0. The monoisotopic (exact) mass is 217 g/mol. The van der Waals surface area contributed by atoms with Crippen molar-refractivity contribution in [2.24, 2.45) is 7.05 Å². The molecule has 0 aromatic carbocycles. The van der Waals surface area contributed by atoms with E-state index in [1.54, 1.807) is 10.9 Å². The Balaban J connectivity index is 2.30. The van der Waals surface area contributed by atoms with Crippen molar-refractivity contribution < 1.29 is 0 Å². The largest absolute Gasteiger partial charge is 0.397 e. The Hall–Kier alpha value is -2.04. The molecule has 84 valence electrons. The molecule has 0 unspecified atom stereocenters. The van der Waals surface area contributed by atoms with Gasteiger partial charge in [0.05, 0.1) is 23.3 Å². The van der Waals surface area contributed by atoms with Crippen LogP contribution < -0.4 is 11.1 Å². The van der Waals surface area contributed by atoms with Crippen molar-refractivity contribution in [2.45, 2.75) is 13.8 Å². The molecule has 0 aliphatic carbocycles. The van der Waals surface area contributed by atoms with Crippen molar-refractivity contribution in [1.82, 2.24) is 14.8 Å². The number of rotatable bonds is 2. The first kappa shape index (κ1) is 10.5. The van der Waals surface area contributed by atoms with E-state index in [-0.39, 0.29) is 0 Å². The van der Waals surface area contributed by atoms with Crippen LogP contribution in [-0.4, -0.2) is 14.8 Å². The van der Waals surface area contributed by atoms with Crippen molar-refractivity contribution in [3.05, 3.63) is 29.7 Å². The molecule has 2 aromatic heterocycles. The van der Waals surface area contributed by atoms with E-state index in [2.05, 4.69) is 15.4 Å². The highest BCUT2D eigenvalue weighted by Crippen LogP contribution is 2.21. The number of aryl methyl sites for hydroxylation is 3. The highest BCUT2D eigenvalue weighted by molar-refractivity contribution is 5.62. The van der Waals surface area contributed by atoms with Crippen LogP contribution in [0, 0.1) is 13.8 Å². The molecule has 5 heteroatoms. The molecule has 0 spiro atoms. The third kappa shape index (κ3) is 1.98. The summed E-state index contributed by atoms with van der Waals surface area (Å²) in [6, 6.07) is 1.89. The average molecular weight is 217 g/mol. The molecule has 0 bridgehead atoms. The Morgan fingerprint density at radius 3 is 2.69 bits per heavy atom. The number of nitrogens with two attached hydrogens (primary N) is 1. The molecule has 0 saturated carbocycles. The van der Waals surface area contributed by atoms with Gasteiger partial charge in [0.25, 0.3) is 0 Å². The van der Waals surface area contributed by atoms with Gasteiger partial charge in [-0.25, -0.2) is 4.98 Å². The smallest absolute Gasteiger partial charge is 0.133 e. The van der Waals surface area contributed by atoms with E-state index >= 15 is 0 Å². The fourth-order valence-corrected chi connectivity index (χ4v) is 1.58. The Morgan fingerprint density at radius 2 is 2.12 bits per heavy atom. The molecule has 5 nitrogen and oxygen atoms in total. The van der Waals surface area contributed by atoms with Gasteiger partial charge in [0, 0.05) is 13.2 Å². The molecular weight excluding hydrogens is 202 g/mol. The van der Waals surface area contributed by atoms with E-state index in [0.29, 0.717) is 5.69 Å². The third-order valence-corrected chi connectivity index (χ3v) is 2.37. The van der Waals surface area contributed by atoms with E-state index in [4.69, 9.17) is 5.73 Å². The van der Waals surface area contributed by atoms with Crippen LogP contribution in [0.4, 0.5) is 17.2 Å². The number of pyridine rings is 1. The lowest BCUT2D eigenvalue weighted by molar-refractivity contribution is 0.756. The quantitative estimate of drug-likeness (QED) is 0.804. The van der Waals surface area contributed by atoms with Gasteiger partial charge in [0.1, 0.15) is 5.82 Å². The van der Waals surface area contributed by atoms with Crippen LogP contribution in [0.25, 0.3) is 0 Å². The number of hydrogen-bond acceptors (Lipinski definition) is 4. The van der Waals surface area contributed by atoms with E-state index in [1.165, 1.54) is 0 Å². The van der Waals surface area contributed by atoms with Gasteiger partial charge >= 0.3 is 0 Å². The molecule has 0 amide bonds. The Labute approximate surface area is 94.3 Å². The topological polar surface area (TPSA) is 68.8 Å². The van der Waals surface area contributed by atoms with Gasteiger partial charge in [-0.15, -0.1) is 0 Å². The zero-order valence-electron chi connectivity index (χ0n) is 9.65. The van der Waals surface area contributed by atoms with E-state index in [0.717, 1.165) is 22.8 Å². The SMILES string of the molecule is Cc1cc(N)cnc1Nc1cn(C)nc1C. The molecule has 3 N–H and O–H groups in total. The molecule has 2 aromatic rings. The second-order valence-corrected chi connectivity index (χ2v) is 3.86. The minimum atomic E-state index is 0.672. The molecule has 16 heavy (non-hydrogen) atoms. The van der Waals surface area contributed by atoms with Crippen LogP contribution in [0.5, 0.6) is 0 Å². The van der Waals surface area contributed by atoms with Crippen molar-refractivity contribution in [1.29, 1.82) is 0 Å². The zero-order chi connectivity index (χ0) is 11.7. The molecule has 0 fully saturated rings. The first-order chi connectivity index (χ1) is 7.56.